The van der Waals surface area contributed by atoms with E-state index in [9.17, 15) is 13.2 Å². The molecule has 1 saturated heterocycles. The molecule has 0 unspecified atom stereocenters. The zero-order chi connectivity index (χ0) is 16.4. The van der Waals surface area contributed by atoms with Crippen LogP contribution in [0.1, 0.15) is 24.4 Å². The molecule has 1 aliphatic heterocycles. The quantitative estimate of drug-likeness (QED) is 0.912. The Morgan fingerprint density at radius 3 is 2.61 bits per heavy atom. The summed E-state index contributed by atoms with van der Waals surface area (Å²) < 4.78 is 29.7. The first-order chi connectivity index (χ1) is 10.9. The fourth-order valence-corrected chi connectivity index (χ4v) is 3.69. The summed E-state index contributed by atoms with van der Waals surface area (Å²) in [4.78, 5) is 12.0. The van der Waals surface area contributed by atoms with E-state index in [4.69, 9.17) is 4.52 Å². The number of benzene rings is 1. The predicted molar refractivity (Wildman–Crippen MR) is 86.3 cm³/mol. The summed E-state index contributed by atoms with van der Waals surface area (Å²) in [5.41, 5.74) is 0.968. The molecule has 23 heavy (non-hydrogen) atoms. The van der Waals surface area contributed by atoms with Crippen molar-refractivity contribution in [2.75, 3.05) is 12.8 Å². The highest BCUT2D eigenvalue weighted by atomic mass is 32.2. The Balaban J connectivity index is 1.68. The number of aromatic nitrogens is 1. The number of rotatable bonds is 4. The molecule has 0 radical (unpaired) electrons. The first-order valence-electron chi connectivity index (χ1n) is 7.62. The number of nitrogens with one attached hydrogen (secondary N) is 1. The van der Waals surface area contributed by atoms with Crippen molar-refractivity contribution in [3.8, 4) is 0 Å². The monoisotopic (exact) mass is 336 g/mol. The average Bonchev–Trinajstić information content (AvgIpc) is 2.93. The van der Waals surface area contributed by atoms with Gasteiger partial charge in [0.15, 0.2) is 9.84 Å². The summed E-state index contributed by atoms with van der Waals surface area (Å²) in [7, 11) is -3.16. The standard InChI is InChI=1S/C16H20N2O4S/c1-23(20,21)15-4-2-12(3-5-15)10-13-11-14(6-8-17-13)18-16(19)7-9-22-18/h2-5,7,9,13-14,17H,6,8,10-11H2,1H3/t13-,14+/m0/s1. The van der Waals surface area contributed by atoms with Gasteiger partial charge in [-0.3, -0.25) is 4.79 Å². The van der Waals surface area contributed by atoms with Gasteiger partial charge in [0, 0.05) is 18.4 Å². The zero-order valence-corrected chi connectivity index (χ0v) is 13.8. The largest absolute Gasteiger partial charge is 0.384 e. The van der Waals surface area contributed by atoms with E-state index in [0.29, 0.717) is 4.90 Å². The van der Waals surface area contributed by atoms with Crippen LogP contribution < -0.4 is 10.9 Å². The summed E-state index contributed by atoms with van der Waals surface area (Å²) in [5.74, 6) is 0. The van der Waals surface area contributed by atoms with Crippen LogP contribution in [0.25, 0.3) is 0 Å². The molecule has 6 nitrogen and oxygen atoms in total. The Morgan fingerprint density at radius 1 is 1.26 bits per heavy atom. The average molecular weight is 336 g/mol. The molecule has 0 amide bonds. The Labute approximate surface area is 135 Å². The lowest BCUT2D eigenvalue weighted by atomic mass is 9.94. The van der Waals surface area contributed by atoms with E-state index < -0.39 is 9.84 Å². The summed E-state index contributed by atoms with van der Waals surface area (Å²) in [6.45, 7) is 0.823. The van der Waals surface area contributed by atoms with Gasteiger partial charge in [0.2, 0.25) is 0 Å². The van der Waals surface area contributed by atoms with Crippen LogP contribution in [0.5, 0.6) is 0 Å². The third-order valence-corrected chi connectivity index (χ3v) is 5.36. The van der Waals surface area contributed by atoms with Gasteiger partial charge in [-0.05, 0) is 43.5 Å². The number of hydrogen-bond donors (Lipinski definition) is 1. The molecule has 2 atom stereocenters. The number of piperidine rings is 1. The maximum Gasteiger partial charge on any atom is 0.282 e. The molecule has 2 aromatic rings. The molecule has 0 aliphatic carbocycles. The predicted octanol–water partition coefficient (Wildman–Crippen LogP) is 1.38. The van der Waals surface area contributed by atoms with E-state index in [1.54, 1.807) is 12.1 Å². The molecule has 7 heteroatoms. The van der Waals surface area contributed by atoms with Crippen LogP contribution in [-0.4, -0.2) is 32.0 Å². The molecule has 124 valence electrons. The second-order valence-electron chi connectivity index (χ2n) is 6.02. The minimum atomic E-state index is -3.16. The van der Waals surface area contributed by atoms with Crippen molar-refractivity contribution in [3.05, 3.63) is 52.5 Å². The first kappa shape index (κ1) is 16.0. The number of hydrogen-bond acceptors (Lipinski definition) is 5. The van der Waals surface area contributed by atoms with E-state index in [1.807, 2.05) is 12.1 Å². The van der Waals surface area contributed by atoms with E-state index in [2.05, 4.69) is 5.32 Å². The molecule has 1 fully saturated rings. The molecule has 0 bridgehead atoms. The van der Waals surface area contributed by atoms with Gasteiger partial charge in [0.1, 0.15) is 6.26 Å². The van der Waals surface area contributed by atoms with E-state index in [1.165, 1.54) is 23.3 Å². The first-order valence-corrected chi connectivity index (χ1v) is 9.51. The summed E-state index contributed by atoms with van der Waals surface area (Å²) >= 11 is 0. The van der Waals surface area contributed by atoms with Gasteiger partial charge in [-0.15, -0.1) is 0 Å². The van der Waals surface area contributed by atoms with Crippen LogP contribution in [0, 0.1) is 0 Å². The maximum atomic E-state index is 11.7. The van der Waals surface area contributed by atoms with Crippen LogP contribution in [0.3, 0.4) is 0 Å². The highest BCUT2D eigenvalue weighted by Gasteiger charge is 2.25. The lowest BCUT2D eigenvalue weighted by molar-refractivity contribution is 0.161. The SMILES string of the molecule is CS(=O)(=O)c1ccc(C[C@H]2C[C@H](n3occc3=O)CCN2)cc1. The van der Waals surface area contributed by atoms with Gasteiger partial charge >= 0.3 is 0 Å². The topological polar surface area (TPSA) is 81.3 Å². The molecule has 0 spiro atoms. The summed E-state index contributed by atoms with van der Waals surface area (Å²) in [6.07, 6.45) is 5.08. The third-order valence-electron chi connectivity index (χ3n) is 4.23. The van der Waals surface area contributed by atoms with Crippen LogP contribution in [0.2, 0.25) is 0 Å². The number of nitrogens with zero attached hydrogens (tertiary/aromatic N) is 1. The van der Waals surface area contributed by atoms with Crippen LogP contribution in [0.4, 0.5) is 0 Å². The molecule has 3 rings (SSSR count). The van der Waals surface area contributed by atoms with Crippen molar-refractivity contribution in [1.82, 2.24) is 10.1 Å². The summed E-state index contributed by atoms with van der Waals surface area (Å²) in [6, 6.07) is 8.71. The Hall–Kier alpha value is -1.86. The molecule has 0 saturated carbocycles. The van der Waals surface area contributed by atoms with E-state index >= 15 is 0 Å². The second kappa shape index (κ2) is 6.33. The second-order valence-corrected chi connectivity index (χ2v) is 8.04. The Kier molecular flexibility index (Phi) is 4.41. The van der Waals surface area contributed by atoms with Crippen LogP contribution >= 0.6 is 0 Å². The maximum absolute atomic E-state index is 11.7. The van der Waals surface area contributed by atoms with Gasteiger partial charge < -0.3 is 9.84 Å². The molecule has 1 aliphatic rings. The van der Waals surface area contributed by atoms with Crippen molar-refractivity contribution in [2.24, 2.45) is 0 Å². The van der Waals surface area contributed by atoms with E-state index in [-0.39, 0.29) is 17.6 Å². The molecule has 1 aromatic carbocycles. The molecule has 2 heterocycles. The van der Waals surface area contributed by atoms with Crippen LogP contribution in [0.15, 0.2) is 50.8 Å². The molecule has 1 N–H and O–H groups in total. The van der Waals surface area contributed by atoms with Crippen LogP contribution in [-0.2, 0) is 16.3 Å². The van der Waals surface area contributed by atoms with Crippen molar-refractivity contribution >= 4 is 9.84 Å². The normalized spacial score (nSPS) is 22.1. The van der Waals surface area contributed by atoms with Crippen molar-refractivity contribution in [1.29, 1.82) is 0 Å². The van der Waals surface area contributed by atoms with Gasteiger partial charge in [-0.25, -0.2) is 8.42 Å². The highest BCUT2D eigenvalue weighted by molar-refractivity contribution is 7.90. The molecular weight excluding hydrogens is 316 g/mol. The van der Waals surface area contributed by atoms with Crippen molar-refractivity contribution in [2.45, 2.75) is 36.2 Å². The lowest BCUT2D eigenvalue weighted by Gasteiger charge is -2.29. The van der Waals surface area contributed by atoms with E-state index in [0.717, 1.165) is 31.4 Å². The van der Waals surface area contributed by atoms with Crippen molar-refractivity contribution < 1.29 is 12.9 Å². The minimum absolute atomic E-state index is 0.0686. The number of sulfone groups is 1. The Morgan fingerprint density at radius 2 is 2.00 bits per heavy atom. The highest BCUT2D eigenvalue weighted by Crippen LogP contribution is 2.23. The smallest absolute Gasteiger partial charge is 0.282 e. The van der Waals surface area contributed by atoms with Gasteiger partial charge in [0.05, 0.1) is 10.9 Å². The minimum Gasteiger partial charge on any atom is -0.384 e. The molecule has 1 aromatic heterocycles. The Bertz CT molecular complexity index is 820. The lowest BCUT2D eigenvalue weighted by Crippen LogP contribution is -2.41. The fourth-order valence-electron chi connectivity index (χ4n) is 3.06. The third kappa shape index (κ3) is 3.73. The van der Waals surface area contributed by atoms with Gasteiger partial charge in [-0.2, -0.15) is 4.74 Å². The fraction of sp³-hybridized carbons (Fsp3) is 0.438. The van der Waals surface area contributed by atoms with Gasteiger partial charge in [-0.1, -0.05) is 12.1 Å². The zero-order valence-electron chi connectivity index (χ0n) is 12.9. The van der Waals surface area contributed by atoms with Crippen molar-refractivity contribution in [3.63, 3.8) is 0 Å². The molecular formula is C16H20N2O4S. The van der Waals surface area contributed by atoms with Gasteiger partial charge in [0.25, 0.3) is 5.56 Å². The summed E-state index contributed by atoms with van der Waals surface area (Å²) in [5, 5.41) is 3.45.